The van der Waals surface area contributed by atoms with Gasteiger partial charge in [0.05, 0.1) is 7.11 Å². The van der Waals surface area contributed by atoms with Crippen LogP contribution in [0, 0.1) is 0 Å². The summed E-state index contributed by atoms with van der Waals surface area (Å²) >= 11 is 0. The summed E-state index contributed by atoms with van der Waals surface area (Å²) in [7, 11) is 1.59. The van der Waals surface area contributed by atoms with Crippen LogP contribution < -0.4 is 4.74 Å². The van der Waals surface area contributed by atoms with Crippen LogP contribution in [0.1, 0.15) is 40.4 Å². The number of methoxy groups -OCH3 is 1. The van der Waals surface area contributed by atoms with E-state index in [-0.39, 0.29) is 5.78 Å². The van der Waals surface area contributed by atoms with E-state index in [2.05, 4.69) is 0 Å². The van der Waals surface area contributed by atoms with Crippen LogP contribution in [0.5, 0.6) is 5.75 Å². The molecule has 4 nitrogen and oxygen atoms in total. The Morgan fingerprint density at radius 3 is 2.69 bits per heavy atom. The SMILES string of the molecule is COc1cccc(/C=C/C(=O)O[C@H](C)C(=O)c2ccc3c(c2)CCC3)c1. The minimum Gasteiger partial charge on any atom is -0.497 e. The first kappa shape index (κ1) is 17.9. The van der Waals surface area contributed by atoms with E-state index in [4.69, 9.17) is 9.47 Å². The lowest BCUT2D eigenvalue weighted by Gasteiger charge is -2.12. The second-order valence-corrected chi connectivity index (χ2v) is 6.39. The third kappa shape index (κ3) is 4.20. The van der Waals surface area contributed by atoms with Crippen molar-refractivity contribution in [2.24, 2.45) is 0 Å². The van der Waals surface area contributed by atoms with Crippen molar-refractivity contribution in [3.8, 4) is 5.75 Å². The molecule has 4 heteroatoms. The fourth-order valence-electron chi connectivity index (χ4n) is 3.14. The summed E-state index contributed by atoms with van der Waals surface area (Å²) in [6.45, 7) is 1.60. The fourth-order valence-corrected chi connectivity index (χ4v) is 3.14. The van der Waals surface area contributed by atoms with Gasteiger partial charge >= 0.3 is 5.97 Å². The number of esters is 1. The highest BCUT2D eigenvalue weighted by molar-refractivity contribution is 6.01. The van der Waals surface area contributed by atoms with E-state index in [9.17, 15) is 9.59 Å². The lowest BCUT2D eigenvalue weighted by Crippen LogP contribution is -2.23. The highest BCUT2D eigenvalue weighted by Gasteiger charge is 2.20. The number of fused-ring (bicyclic) bond motifs is 1. The van der Waals surface area contributed by atoms with Gasteiger partial charge in [-0.05, 0) is 67.2 Å². The Morgan fingerprint density at radius 2 is 1.88 bits per heavy atom. The molecule has 0 radical (unpaired) electrons. The average Bonchev–Trinajstić information content (AvgIpc) is 3.13. The molecule has 26 heavy (non-hydrogen) atoms. The number of hydrogen-bond donors (Lipinski definition) is 0. The van der Waals surface area contributed by atoms with Gasteiger partial charge in [0.2, 0.25) is 5.78 Å². The first-order valence-electron chi connectivity index (χ1n) is 8.75. The zero-order valence-electron chi connectivity index (χ0n) is 15.0. The van der Waals surface area contributed by atoms with Crippen LogP contribution >= 0.6 is 0 Å². The molecule has 0 saturated carbocycles. The Labute approximate surface area is 153 Å². The molecule has 3 rings (SSSR count). The molecule has 0 saturated heterocycles. The van der Waals surface area contributed by atoms with E-state index < -0.39 is 12.1 Å². The van der Waals surface area contributed by atoms with Crippen molar-refractivity contribution in [1.82, 2.24) is 0 Å². The molecule has 0 unspecified atom stereocenters. The molecule has 0 bridgehead atoms. The number of benzene rings is 2. The predicted molar refractivity (Wildman–Crippen MR) is 100 cm³/mol. The summed E-state index contributed by atoms with van der Waals surface area (Å²) in [4.78, 5) is 24.5. The molecule has 0 heterocycles. The topological polar surface area (TPSA) is 52.6 Å². The van der Waals surface area contributed by atoms with Crippen LogP contribution in [0.25, 0.3) is 6.08 Å². The van der Waals surface area contributed by atoms with Crippen LogP contribution in [-0.4, -0.2) is 25.0 Å². The smallest absolute Gasteiger partial charge is 0.331 e. The molecule has 0 N–H and O–H groups in total. The van der Waals surface area contributed by atoms with Gasteiger partial charge in [-0.2, -0.15) is 0 Å². The van der Waals surface area contributed by atoms with E-state index in [1.807, 2.05) is 42.5 Å². The number of carbonyl (C=O) groups excluding carboxylic acids is 2. The molecule has 0 amide bonds. The zero-order chi connectivity index (χ0) is 18.5. The van der Waals surface area contributed by atoms with Crippen LogP contribution in [0.3, 0.4) is 0 Å². The van der Waals surface area contributed by atoms with Crippen molar-refractivity contribution >= 4 is 17.8 Å². The fraction of sp³-hybridized carbons (Fsp3) is 0.273. The molecule has 2 aromatic carbocycles. The molecule has 0 fully saturated rings. The van der Waals surface area contributed by atoms with E-state index >= 15 is 0 Å². The summed E-state index contributed by atoms with van der Waals surface area (Å²) in [5.74, 6) is -0.0154. The largest absolute Gasteiger partial charge is 0.497 e. The highest BCUT2D eigenvalue weighted by atomic mass is 16.5. The van der Waals surface area contributed by atoms with Crippen molar-refractivity contribution in [3.63, 3.8) is 0 Å². The van der Waals surface area contributed by atoms with Crippen LogP contribution in [0.4, 0.5) is 0 Å². The minimum atomic E-state index is -0.822. The number of ether oxygens (including phenoxy) is 2. The molecule has 0 spiro atoms. The highest BCUT2D eigenvalue weighted by Crippen LogP contribution is 2.23. The van der Waals surface area contributed by atoms with Gasteiger partial charge in [-0.15, -0.1) is 0 Å². The molecule has 0 aliphatic heterocycles. The molecule has 1 atom stereocenters. The van der Waals surface area contributed by atoms with Gasteiger partial charge < -0.3 is 9.47 Å². The van der Waals surface area contributed by atoms with Crippen molar-refractivity contribution in [2.45, 2.75) is 32.3 Å². The number of aryl methyl sites for hydroxylation is 2. The van der Waals surface area contributed by atoms with Crippen LogP contribution in [0.15, 0.2) is 48.5 Å². The monoisotopic (exact) mass is 350 g/mol. The number of rotatable bonds is 6. The van der Waals surface area contributed by atoms with E-state index in [0.29, 0.717) is 11.3 Å². The predicted octanol–water partition coefficient (Wildman–Crippen LogP) is 4.01. The van der Waals surface area contributed by atoms with Gasteiger partial charge in [-0.25, -0.2) is 4.79 Å². The Kier molecular flexibility index (Phi) is 5.52. The van der Waals surface area contributed by atoms with Gasteiger partial charge in [0.25, 0.3) is 0 Å². The van der Waals surface area contributed by atoms with Crippen LogP contribution in [-0.2, 0) is 22.4 Å². The summed E-state index contributed by atoms with van der Waals surface area (Å²) in [6.07, 6.45) is 5.35. The summed E-state index contributed by atoms with van der Waals surface area (Å²) in [5, 5.41) is 0. The first-order chi connectivity index (χ1) is 12.6. The molecule has 2 aromatic rings. The van der Waals surface area contributed by atoms with Gasteiger partial charge in [0, 0.05) is 11.6 Å². The Hall–Kier alpha value is -2.88. The lowest BCUT2D eigenvalue weighted by atomic mass is 10.0. The third-order valence-corrected chi connectivity index (χ3v) is 4.55. The molecule has 1 aliphatic carbocycles. The second kappa shape index (κ2) is 8.00. The Morgan fingerprint density at radius 1 is 1.08 bits per heavy atom. The van der Waals surface area contributed by atoms with Crippen molar-refractivity contribution in [1.29, 1.82) is 0 Å². The first-order valence-corrected chi connectivity index (χ1v) is 8.75. The average molecular weight is 350 g/mol. The third-order valence-electron chi connectivity index (χ3n) is 4.55. The maximum Gasteiger partial charge on any atom is 0.331 e. The summed E-state index contributed by atoms with van der Waals surface area (Å²) in [6, 6.07) is 13.1. The Balaban J connectivity index is 1.61. The minimum absolute atomic E-state index is 0.178. The van der Waals surface area contributed by atoms with Gasteiger partial charge in [-0.1, -0.05) is 24.3 Å². The van der Waals surface area contributed by atoms with E-state index in [0.717, 1.165) is 24.8 Å². The molecule has 134 valence electrons. The number of carbonyl (C=O) groups is 2. The van der Waals surface area contributed by atoms with Gasteiger partial charge in [-0.3, -0.25) is 4.79 Å². The molecular formula is C22H22O4. The molecule has 0 aromatic heterocycles. The molecule has 1 aliphatic rings. The Bertz CT molecular complexity index is 851. The number of hydrogen-bond acceptors (Lipinski definition) is 4. The maximum absolute atomic E-state index is 12.5. The lowest BCUT2D eigenvalue weighted by molar-refractivity contribution is -0.140. The maximum atomic E-state index is 12.5. The zero-order valence-corrected chi connectivity index (χ0v) is 15.0. The normalized spacial score (nSPS) is 14.1. The van der Waals surface area contributed by atoms with Crippen LogP contribution in [0.2, 0.25) is 0 Å². The number of ketones is 1. The van der Waals surface area contributed by atoms with Crippen molar-refractivity contribution in [2.75, 3.05) is 7.11 Å². The van der Waals surface area contributed by atoms with Crippen molar-refractivity contribution in [3.05, 3.63) is 70.8 Å². The second-order valence-electron chi connectivity index (χ2n) is 6.39. The number of Topliss-reactive ketones (excluding diaryl/α,β-unsaturated/α-hetero) is 1. The summed E-state index contributed by atoms with van der Waals surface area (Å²) in [5.41, 5.74) is 3.96. The van der Waals surface area contributed by atoms with E-state index in [1.165, 1.54) is 17.2 Å². The molecular weight excluding hydrogens is 328 g/mol. The standard InChI is InChI=1S/C22H22O4/c1-15(22(24)19-11-10-17-6-4-7-18(17)14-19)26-21(23)12-9-16-5-3-8-20(13-16)25-2/h3,5,8-15H,4,6-7H2,1-2H3/b12-9+/t15-/m1/s1. The van der Waals surface area contributed by atoms with Gasteiger partial charge in [0.15, 0.2) is 6.10 Å². The summed E-state index contributed by atoms with van der Waals surface area (Å²) < 4.78 is 10.4. The van der Waals surface area contributed by atoms with E-state index in [1.54, 1.807) is 20.1 Å². The quantitative estimate of drug-likeness (QED) is 0.449. The van der Waals surface area contributed by atoms with Gasteiger partial charge in [0.1, 0.15) is 5.75 Å². The van der Waals surface area contributed by atoms with Crippen molar-refractivity contribution < 1.29 is 19.1 Å².